The smallest absolute Gasteiger partial charge is 0.439 e. The van der Waals surface area contributed by atoms with Gasteiger partial charge in [-0.2, -0.15) is 13.2 Å². The average molecular weight is 263 g/mol. The number of piperidine rings is 1. The second-order valence-corrected chi connectivity index (χ2v) is 4.61. The van der Waals surface area contributed by atoms with Gasteiger partial charge in [-0.3, -0.25) is 4.90 Å². The quantitative estimate of drug-likeness (QED) is 0.888. The molecule has 2 rings (SSSR count). The van der Waals surface area contributed by atoms with Crippen LogP contribution < -0.4 is 5.73 Å². The van der Waals surface area contributed by atoms with Crippen LogP contribution in [0.1, 0.15) is 37.3 Å². The fourth-order valence-electron chi connectivity index (χ4n) is 2.24. The van der Waals surface area contributed by atoms with Crippen molar-refractivity contribution in [1.82, 2.24) is 9.88 Å². The summed E-state index contributed by atoms with van der Waals surface area (Å²) in [6.45, 7) is 3.09. The van der Waals surface area contributed by atoms with Gasteiger partial charge in [0.15, 0.2) is 6.39 Å². The molecule has 1 aliphatic rings. The molecule has 102 valence electrons. The van der Waals surface area contributed by atoms with E-state index in [-0.39, 0.29) is 11.7 Å². The summed E-state index contributed by atoms with van der Waals surface area (Å²) in [5, 5.41) is 0. The lowest BCUT2D eigenvalue weighted by Crippen LogP contribution is -2.41. The Morgan fingerprint density at radius 1 is 1.44 bits per heavy atom. The van der Waals surface area contributed by atoms with Crippen LogP contribution in [-0.2, 0) is 6.18 Å². The van der Waals surface area contributed by atoms with Crippen molar-refractivity contribution in [2.75, 3.05) is 13.1 Å². The SMILES string of the molecule is CC(c1ncoc1C(F)(F)F)N1CCC(N)CC1. The lowest BCUT2D eigenvalue weighted by Gasteiger charge is -2.34. The number of alkyl halides is 3. The van der Waals surface area contributed by atoms with Crippen molar-refractivity contribution in [3.8, 4) is 0 Å². The van der Waals surface area contributed by atoms with E-state index in [1.807, 2.05) is 4.90 Å². The van der Waals surface area contributed by atoms with Crippen molar-refractivity contribution < 1.29 is 17.6 Å². The van der Waals surface area contributed by atoms with E-state index in [9.17, 15) is 13.2 Å². The summed E-state index contributed by atoms with van der Waals surface area (Å²) >= 11 is 0. The molecule has 1 aromatic rings. The largest absolute Gasteiger partial charge is 0.451 e. The summed E-state index contributed by atoms with van der Waals surface area (Å²) in [7, 11) is 0. The van der Waals surface area contributed by atoms with Crippen LogP contribution in [0.15, 0.2) is 10.8 Å². The fourth-order valence-corrected chi connectivity index (χ4v) is 2.24. The van der Waals surface area contributed by atoms with Crippen molar-refractivity contribution in [3.63, 3.8) is 0 Å². The lowest BCUT2D eigenvalue weighted by molar-refractivity contribution is -0.154. The molecule has 0 saturated carbocycles. The molecule has 1 aromatic heterocycles. The highest BCUT2D eigenvalue weighted by molar-refractivity contribution is 5.15. The van der Waals surface area contributed by atoms with Gasteiger partial charge in [-0.25, -0.2) is 4.98 Å². The first-order valence-corrected chi connectivity index (χ1v) is 5.90. The molecule has 1 atom stereocenters. The first-order valence-electron chi connectivity index (χ1n) is 5.90. The predicted octanol–water partition coefficient (Wildman–Crippen LogP) is 2.18. The molecule has 18 heavy (non-hydrogen) atoms. The van der Waals surface area contributed by atoms with Crippen LogP contribution in [0.4, 0.5) is 13.2 Å². The number of halogens is 3. The normalized spacial score (nSPS) is 21.2. The van der Waals surface area contributed by atoms with E-state index in [1.165, 1.54) is 0 Å². The Hall–Kier alpha value is -1.08. The number of nitrogens with zero attached hydrogens (tertiary/aromatic N) is 2. The minimum Gasteiger partial charge on any atom is -0.439 e. The molecule has 0 aromatic carbocycles. The molecule has 1 fully saturated rings. The molecule has 7 heteroatoms. The van der Waals surface area contributed by atoms with E-state index in [0.717, 1.165) is 19.2 Å². The van der Waals surface area contributed by atoms with E-state index in [0.29, 0.717) is 13.1 Å². The number of rotatable bonds is 2. The van der Waals surface area contributed by atoms with Gasteiger partial charge in [0.2, 0.25) is 5.76 Å². The molecule has 2 heterocycles. The molecular weight excluding hydrogens is 247 g/mol. The van der Waals surface area contributed by atoms with Crippen LogP contribution in [0.2, 0.25) is 0 Å². The molecular formula is C11H16F3N3O. The highest BCUT2D eigenvalue weighted by atomic mass is 19.4. The zero-order chi connectivity index (χ0) is 13.3. The van der Waals surface area contributed by atoms with Crippen LogP contribution in [0.3, 0.4) is 0 Å². The molecule has 1 saturated heterocycles. The predicted molar refractivity (Wildman–Crippen MR) is 58.7 cm³/mol. The van der Waals surface area contributed by atoms with E-state index in [4.69, 9.17) is 5.73 Å². The van der Waals surface area contributed by atoms with Gasteiger partial charge < -0.3 is 10.2 Å². The molecule has 0 radical (unpaired) electrons. The Bertz CT molecular complexity index is 396. The monoisotopic (exact) mass is 263 g/mol. The van der Waals surface area contributed by atoms with Gasteiger partial charge in [0.25, 0.3) is 0 Å². The number of hydrogen-bond donors (Lipinski definition) is 1. The highest BCUT2D eigenvalue weighted by Gasteiger charge is 2.40. The molecule has 0 aliphatic carbocycles. The van der Waals surface area contributed by atoms with E-state index >= 15 is 0 Å². The van der Waals surface area contributed by atoms with E-state index < -0.39 is 18.0 Å². The molecule has 4 nitrogen and oxygen atoms in total. The summed E-state index contributed by atoms with van der Waals surface area (Å²) in [4.78, 5) is 5.67. The van der Waals surface area contributed by atoms with Gasteiger partial charge >= 0.3 is 6.18 Å². The van der Waals surface area contributed by atoms with Crippen molar-refractivity contribution in [3.05, 3.63) is 17.8 Å². The summed E-state index contributed by atoms with van der Waals surface area (Å²) in [6.07, 6.45) is -2.05. The van der Waals surface area contributed by atoms with Gasteiger partial charge in [-0.15, -0.1) is 0 Å². The zero-order valence-electron chi connectivity index (χ0n) is 10.1. The van der Waals surface area contributed by atoms with Crippen LogP contribution in [0, 0.1) is 0 Å². The Labute approximate surface area is 103 Å². The van der Waals surface area contributed by atoms with Crippen LogP contribution in [0.5, 0.6) is 0 Å². The average Bonchev–Trinajstić information content (AvgIpc) is 2.77. The minimum atomic E-state index is -4.49. The van der Waals surface area contributed by atoms with Gasteiger partial charge in [0.05, 0.1) is 6.04 Å². The van der Waals surface area contributed by atoms with Crippen molar-refractivity contribution in [2.45, 2.75) is 38.0 Å². The third-order valence-corrected chi connectivity index (χ3v) is 3.37. The van der Waals surface area contributed by atoms with Gasteiger partial charge in [0, 0.05) is 19.1 Å². The van der Waals surface area contributed by atoms with Gasteiger partial charge in [-0.05, 0) is 19.8 Å². The van der Waals surface area contributed by atoms with Crippen LogP contribution in [0.25, 0.3) is 0 Å². The number of oxazole rings is 1. The molecule has 0 bridgehead atoms. The second kappa shape index (κ2) is 4.89. The van der Waals surface area contributed by atoms with Gasteiger partial charge in [0.1, 0.15) is 5.69 Å². The van der Waals surface area contributed by atoms with Gasteiger partial charge in [-0.1, -0.05) is 0 Å². The topological polar surface area (TPSA) is 55.3 Å². The molecule has 0 spiro atoms. The maximum Gasteiger partial charge on any atom is 0.451 e. The Balaban J connectivity index is 2.14. The molecule has 1 unspecified atom stereocenters. The lowest BCUT2D eigenvalue weighted by atomic mass is 10.0. The molecule has 2 N–H and O–H groups in total. The molecule has 0 amide bonds. The van der Waals surface area contributed by atoms with E-state index in [1.54, 1.807) is 6.92 Å². The summed E-state index contributed by atoms with van der Waals surface area (Å²) < 4.78 is 42.6. The standard InChI is InChI=1S/C11H16F3N3O/c1-7(17-4-2-8(15)3-5-17)9-10(11(12,13)14)18-6-16-9/h6-8H,2-5,15H2,1H3. The first-order chi connectivity index (χ1) is 8.39. The number of nitrogens with two attached hydrogens (primary N) is 1. The maximum absolute atomic E-state index is 12.7. The Morgan fingerprint density at radius 3 is 2.61 bits per heavy atom. The van der Waals surface area contributed by atoms with Crippen molar-refractivity contribution in [1.29, 1.82) is 0 Å². The summed E-state index contributed by atoms with van der Waals surface area (Å²) in [5.41, 5.74) is 5.73. The van der Waals surface area contributed by atoms with Crippen molar-refractivity contribution >= 4 is 0 Å². The zero-order valence-corrected chi connectivity index (χ0v) is 10.1. The van der Waals surface area contributed by atoms with E-state index in [2.05, 4.69) is 9.40 Å². The first kappa shape index (κ1) is 13.4. The van der Waals surface area contributed by atoms with Crippen LogP contribution in [-0.4, -0.2) is 29.0 Å². The minimum absolute atomic E-state index is 0.0435. The number of hydrogen-bond acceptors (Lipinski definition) is 4. The fraction of sp³-hybridized carbons (Fsp3) is 0.727. The molecule has 1 aliphatic heterocycles. The highest BCUT2D eigenvalue weighted by Crippen LogP contribution is 2.36. The number of aromatic nitrogens is 1. The maximum atomic E-state index is 12.7. The number of likely N-dealkylation sites (tertiary alicyclic amines) is 1. The Morgan fingerprint density at radius 2 is 2.06 bits per heavy atom. The summed E-state index contributed by atoms with van der Waals surface area (Å²) in [6, 6.07) is -0.263. The van der Waals surface area contributed by atoms with Crippen LogP contribution >= 0.6 is 0 Å². The second-order valence-electron chi connectivity index (χ2n) is 4.61. The van der Waals surface area contributed by atoms with Crippen molar-refractivity contribution in [2.24, 2.45) is 5.73 Å². The Kier molecular flexibility index (Phi) is 3.63. The third-order valence-electron chi connectivity index (χ3n) is 3.37. The summed E-state index contributed by atoms with van der Waals surface area (Å²) in [5.74, 6) is -0.995. The third kappa shape index (κ3) is 2.67.